The van der Waals surface area contributed by atoms with Gasteiger partial charge in [0.05, 0.1) is 12.3 Å². The maximum atomic E-state index is 14.2. The molecule has 3 N–H and O–H groups in total. The summed E-state index contributed by atoms with van der Waals surface area (Å²) in [5.41, 5.74) is 1.83. The zero-order valence-electron chi connectivity index (χ0n) is 13.7. The number of carbonyl (C=O) groups is 2. The minimum atomic E-state index is -0.612. The SMILES string of the molecule is CCOc1cccc(NC(=O)Nc2cc3c(cc2F)NC(=O)CC3)c1. The van der Waals surface area contributed by atoms with E-state index in [0.717, 1.165) is 5.56 Å². The van der Waals surface area contributed by atoms with Crippen molar-refractivity contribution < 1.29 is 18.7 Å². The van der Waals surface area contributed by atoms with Crippen LogP contribution in [0.2, 0.25) is 0 Å². The molecular formula is C18H18FN3O3. The van der Waals surface area contributed by atoms with Crippen molar-refractivity contribution in [3.63, 3.8) is 0 Å². The molecule has 1 aliphatic rings. The number of ether oxygens (including phenoxy) is 1. The van der Waals surface area contributed by atoms with Gasteiger partial charge in [-0.15, -0.1) is 0 Å². The van der Waals surface area contributed by atoms with Crippen molar-refractivity contribution in [2.24, 2.45) is 0 Å². The standard InChI is InChI=1S/C18H18FN3O3/c1-2-25-13-5-3-4-12(9-13)20-18(24)22-16-8-11-6-7-17(23)21-15(11)10-14(16)19/h3-5,8-10H,2,6-7H2,1H3,(H,21,23)(H2,20,22,24). The van der Waals surface area contributed by atoms with Gasteiger partial charge in [-0.1, -0.05) is 6.07 Å². The Bertz CT molecular complexity index is 823. The number of benzene rings is 2. The molecule has 0 aliphatic carbocycles. The Balaban J connectivity index is 1.71. The first-order valence-corrected chi connectivity index (χ1v) is 7.98. The van der Waals surface area contributed by atoms with E-state index in [-0.39, 0.29) is 11.6 Å². The van der Waals surface area contributed by atoms with Crippen molar-refractivity contribution in [2.45, 2.75) is 19.8 Å². The molecule has 0 fully saturated rings. The van der Waals surface area contributed by atoms with Crippen LogP contribution in [-0.2, 0) is 11.2 Å². The second-order valence-corrected chi connectivity index (χ2v) is 5.58. The van der Waals surface area contributed by atoms with Gasteiger partial charge in [0, 0.05) is 23.9 Å². The Morgan fingerprint density at radius 1 is 1.24 bits per heavy atom. The first-order valence-electron chi connectivity index (χ1n) is 7.98. The number of hydrogen-bond acceptors (Lipinski definition) is 3. The summed E-state index contributed by atoms with van der Waals surface area (Å²) in [6, 6.07) is 9.13. The highest BCUT2D eigenvalue weighted by Crippen LogP contribution is 2.28. The number of amides is 3. The van der Waals surface area contributed by atoms with Crippen LogP contribution in [0.15, 0.2) is 36.4 Å². The highest BCUT2D eigenvalue weighted by molar-refractivity contribution is 6.00. The second-order valence-electron chi connectivity index (χ2n) is 5.58. The fraction of sp³-hybridized carbons (Fsp3) is 0.222. The van der Waals surface area contributed by atoms with Gasteiger partial charge in [0.2, 0.25) is 5.91 Å². The first-order chi connectivity index (χ1) is 12.0. The van der Waals surface area contributed by atoms with Gasteiger partial charge in [0.1, 0.15) is 11.6 Å². The van der Waals surface area contributed by atoms with E-state index in [9.17, 15) is 14.0 Å². The minimum absolute atomic E-state index is 0.0633. The van der Waals surface area contributed by atoms with Crippen LogP contribution in [0.1, 0.15) is 18.9 Å². The minimum Gasteiger partial charge on any atom is -0.494 e. The molecule has 25 heavy (non-hydrogen) atoms. The molecule has 0 bridgehead atoms. The van der Waals surface area contributed by atoms with Gasteiger partial charge < -0.3 is 20.7 Å². The molecule has 0 unspecified atom stereocenters. The highest BCUT2D eigenvalue weighted by atomic mass is 19.1. The Hall–Kier alpha value is -3.09. The molecule has 0 spiro atoms. The molecule has 0 aromatic heterocycles. The average Bonchev–Trinajstić information content (AvgIpc) is 2.56. The summed E-state index contributed by atoms with van der Waals surface area (Å²) >= 11 is 0. The molecule has 1 heterocycles. The molecule has 2 aromatic carbocycles. The molecule has 1 aliphatic heterocycles. The smallest absolute Gasteiger partial charge is 0.323 e. The van der Waals surface area contributed by atoms with Crippen LogP contribution in [0, 0.1) is 5.82 Å². The predicted octanol–water partition coefficient (Wildman–Crippen LogP) is 3.75. The van der Waals surface area contributed by atoms with E-state index in [1.807, 2.05) is 6.92 Å². The molecule has 0 radical (unpaired) electrons. The number of aryl methyl sites for hydroxylation is 1. The molecule has 0 saturated carbocycles. The summed E-state index contributed by atoms with van der Waals surface area (Å²) in [6.07, 6.45) is 0.850. The van der Waals surface area contributed by atoms with Crippen LogP contribution < -0.4 is 20.7 Å². The quantitative estimate of drug-likeness (QED) is 0.791. The summed E-state index contributed by atoms with van der Waals surface area (Å²) in [4.78, 5) is 23.5. The van der Waals surface area contributed by atoms with Crippen molar-refractivity contribution >= 4 is 29.0 Å². The Morgan fingerprint density at radius 3 is 2.88 bits per heavy atom. The van der Waals surface area contributed by atoms with E-state index in [0.29, 0.717) is 36.6 Å². The van der Waals surface area contributed by atoms with Gasteiger partial charge in [-0.05, 0) is 43.2 Å². The van der Waals surface area contributed by atoms with Crippen molar-refractivity contribution in [2.75, 3.05) is 22.6 Å². The number of hydrogen-bond donors (Lipinski definition) is 3. The third kappa shape index (κ3) is 4.06. The Morgan fingerprint density at radius 2 is 2.08 bits per heavy atom. The fourth-order valence-corrected chi connectivity index (χ4v) is 2.61. The molecule has 2 aromatic rings. The van der Waals surface area contributed by atoms with Gasteiger partial charge in [0.25, 0.3) is 0 Å². The zero-order valence-corrected chi connectivity index (χ0v) is 13.7. The summed E-state index contributed by atoms with van der Waals surface area (Å²) in [7, 11) is 0. The zero-order chi connectivity index (χ0) is 17.8. The van der Waals surface area contributed by atoms with Crippen molar-refractivity contribution in [3.05, 3.63) is 47.8 Å². The molecule has 0 atom stereocenters. The molecule has 7 heteroatoms. The lowest BCUT2D eigenvalue weighted by Gasteiger charge is -2.18. The lowest BCUT2D eigenvalue weighted by atomic mass is 10.0. The largest absolute Gasteiger partial charge is 0.494 e. The normalized spacial score (nSPS) is 12.8. The number of rotatable bonds is 4. The van der Waals surface area contributed by atoms with Gasteiger partial charge in [-0.2, -0.15) is 0 Å². The molecule has 0 saturated heterocycles. The lowest BCUT2D eigenvalue weighted by molar-refractivity contribution is -0.116. The summed E-state index contributed by atoms with van der Waals surface area (Å²) in [6.45, 7) is 2.39. The number of fused-ring (bicyclic) bond motifs is 1. The van der Waals surface area contributed by atoms with E-state index in [4.69, 9.17) is 4.74 Å². The topological polar surface area (TPSA) is 79.5 Å². The molecule has 130 valence electrons. The van der Waals surface area contributed by atoms with Crippen LogP contribution in [0.5, 0.6) is 5.75 Å². The van der Waals surface area contributed by atoms with Crippen molar-refractivity contribution in [3.8, 4) is 5.75 Å². The molecule has 6 nitrogen and oxygen atoms in total. The third-order valence-corrected chi connectivity index (χ3v) is 3.74. The monoisotopic (exact) mass is 343 g/mol. The maximum absolute atomic E-state index is 14.2. The van der Waals surface area contributed by atoms with E-state index in [1.165, 1.54) is 6.07 Å². The van der Waals surface area contributed by atoms with Crippen molar-refractivity contribution in [1.29, 1.82) is 0 Å². The summed E-state index contributed by atoms with van der Waals surface area (Å²) in [5, 5.41) is 7.75. The van der Waals surface area contributed by atoms with Crippen LogP contribution in [-0.4, -0.2) is 18.5 Å². The van der Waals surface area contributed by atoms with Gasteiger partial charge >= 0.3 is 6.03 Å². The summed E-state index contributed by atoms with van der Waals surface area (Å²) < 4.78 is 19.5. The summed E-state index contributed by atoms with van der Waals surface area (Å²) in [5.74, 6) is -0.116. The van der Waals surface area contributed by atoms with E-state index < -0.39 is 11.8 Å². The number of halogens is 1. The molecule has 3 amide bonds. The number of carbonyl (C=O) groups excluding carboxylic acids is 2. The van der Waals surface area contributed by atoms with Gasteiger partial charge in [0.15, 0.2) is 0 Å². The van der Waals surface area contributed by atoms with E-state index >= 15 is 0 Å². The molecular weight excluding hydrogens is 325 g/mol. The lowest BCUT2D eigenvalue weighted by Crippen LogP contribution is -2.22. The Labute approximate surface area is 144 Å². The average molecular weight is 343 g/mol. The van der Waals surface area contributed by atoms with Gasteiger partial charge in [-0.25, -0.2) is 9.18 Å². The Kier molecular flexibility index (Phi) is 4.83. The second kappa shape index (κ2) is 7.21. The first kappa shape index (κ1) is 16.8. The van der Waals surface area contributed by atoms with Gasteiger partial charge in [-0.3, -0.25) is 4.79 Å². The van der Waals surface area contributed by atoms with Crippen LogP contribution >= 0.6 is 0 Å². The number of anilines is 3. The number of nitrogens with one attached hydrogen (secondary N) is 3. The van der Waals surface area contributed by atoms with E-state index in [2.05, 4.69) is 16.0 Å². The maximum Gasteiger partial charge on any atom is 0.323 e. The molecule has 3 rings (SSSR count). The van der Waals surface area contributed by atoms with Crippen LogP contribution in [0.3, 0.4) is 0 Å². The van der Waals surface area contributed by atoms with Crippen LogP contribution in [0.25, 0.3) is 0 Å². The predicted molar refractivity (Wildman–Crippen MR) is 93.6 cm³/mol. The highest BCUT2D eigenvalue weighted by Gasteiger charge is 2.18. The fourth-order valence-electron chi connectivity index (χ4n) is 2.61. The van der Waals surface area contributed by atoms with Crippen molar-refractivity contribution in [1.82, 2.24) is 0 Å². The van der Waals surface area contributed by atoms with E-state index in [1.54, 1.807) is 30.3 Å². The third-order valence-electron chi connectivity index (χ3n) is 3.74. The van der Waals surface area contributed by atoms with Crippen LogP contribution in [0.4, 0.5) is 26.2 Å². The number of urea groups is 1.